The van der Waals surface area contributed by atoms with Gasteiger partial charge in [-0.1, -0.05) is 45.8 Å². The maximum absolute atomic E-state index is 12.9. The van der Waals surface area contributed by atoms with Crippen LogP contribution in [0.15, 0.2) is 64.7 Å². The maximum atomic E-state index is 12.9. The van der Waals surface area contributed by atoms with E-state index in [0.29, 0.717) is 24.1 Å². The van der Waals surface area contributed by atoms with Crippen LogP contribution in [0.1, 0.15) is 40.5 Å². The van der Waals surface area contributed by atoms with E-state index in [4.69, 9.17) is 4.74 Å². The molecule has 0 N–H and O–H groups in total. The van der Waals surface area contributed by atoms with E-state index in [2.05, 4.69) is 15.9 Å². The number of anilines is 1. The first-order valence-corrected chi connectivity index (χ1v) is 10.7. The molecule has 4 rings (SSSR count). The number of ketones is 1. The van der Waals surface area contributed by atoms with Gasteiger partial charge in [-0.2, -0.15) is 0 Å². The lowest BCUT2D eigenvalue weighted by atomic mass is 9.82. The van der Waals surface area contributed by atoms with Crippen LogP contribution in [0.3, 0.4) is 0 Å². The minimum atomic E-state index is -0.693. The average molecular weight is 482 g/mol. The van der Waals surface area contributed by atoms with E-state index in [9.17, 15) is 19.2 Å². The largest absolute Gasteiger partial charge is 0.454 e. The van der Waals surface area contributed by atoms with Crippen LogP contribution < -0.4 is 4.90 Å². The molecule has 0 saturated carbocycles. The highest BCUT2D eigenvalue weighted by atomic mass is 79.9. The topological polar surface area (TPSA) is 80.8 Å². The second-order valence-electron chi connectivity index (χ2n) is 7.77. The highest BCUT2D eigenvalue weighted by Crippen LogP contribution is 2.39. The number of hydrogen-bond acceptors (Lipinski definition) is 5. The van der Waals surface area contributed by atoms with Crippen molar-refractivity contribution >= 4 is 45.2 Å². The smallest absolute Gasteiger partial charge is 0.338 e. The van der Waals surface area contributed by atoms with E-state index in [0.717, 1.165) is 10.0 Å². The summed E-state index contributed by atoms with van der Waals surface area (Å²) in [6.07, 6.45) is 3.13. The summed E-state index contributed by atoms with van der Waals surface area (Å²) in [4.78, 5) is 51.6. The third-order valence-electron chi connectivity index (χ3n) is 5.66. The average Bonchev–Trinajstić information content (AvgIpc) is 3.01. The second-order valence-corrected chi connectivity index (χ2v) is 8.69. The van der Waals surface area contributed by atoms with E-state index in [1.54, 1.807) is 36.4 Å². The van der Waals surface area contributed by atoms with Crippen molar-refractivity contribution in [2.24, 2.45) is 11.8 Å². The zero-order chi connectivity index (χ0) is 22.1. The SMILES string of the molecule is CC1=CC[C@H]2C(=O)N(c3cccc(C(=O)OCC(=O)c4ccc(Br)cc4)c3)C(=O)[C@H]2C1. The molecule has 1 fully saturated rings. The van der Waals surface area contributed by atoms with Crippen LogP contribution >= 0.6 is 15.9 Å². The van der Waals surface area contributed by atoms with E-state index >= 15 is 0 Å². The number of carbonyl (C=O) groups is 4. The fraction of sp³-hybridized carbons (Fsp3) is 0.250. The number of ether oxygens (including phenoxy) is 1. The number of carbonyl (C=O) groups excluding carboxylic acids is 4. The predicted octanol–water partition coefficient (Wildman–Crippen LogP) is 4.33. The first-order valence-electron chi connectivity index (χ1n) is 9.94. The number of halogens is 1. The van der Waals surface area contributed by atoms with Crippen molar-refractivity contribution in [2.45, 2.75) is 19.8 Å². The molecule has 0 unspecified atom stereocenters. The van der Waals surface area contributed by atoms with Gasteiger partial charge in [-0.25, -0.2) is 4.79 Å². The summed E-state index contributed by atoms with van der Waals surface area (Å²) >= 11 is 3.30. The Morgan fingerprint density at radius 2 is 1.74 bits per heavy atom. The molecule has 2 amide bonds. The van der Waals surface area contributed by atoms with E-state index < -0.39 is 12.6 Å². The van der Waals surface area contributed by atoms with Crippen LogP contribution in [0.25, 0.3) is 0 Å². The Morgan fingerprint density at radius 3 is 2.48 bits per heavy atom. The molecule has 7 heteroatoms. The summed E-state index contributed by atoms with van der Waals surface area (Å²) in [6, 6.07) is 12.9. The Balaban J connectivity index is 1.46. The van der Waals surface area contributed by atoms with Gasteiger partial charge in [0.05, 0.1) is 23.1 Å². The number of fused-ring (bicyclic) bond motifs is 1. The highest BCUT2D eigenvalue weighted by molar-refractivity contribution is 9.10. The first-order chi connectivity index (χ1) is 14.8. The Kier molecular flexibility index (Phi) is 5.87. The van der Waals surface area contributed by atoms with Crippen LogP contribution in [0, 0.1) is 11.8 Å². The van der Waals surface area contributed by atoms with E-state index in [-0.39, 0.29) is 35.0 Å². The maximum Gasteiger partial charge on any atom is 0.338 e. The van der Waals surface area contributed by atoms with Gasteiger partial charge in [0, 0.05) is 10.0 Å². The van der Waals surface area contributed by atoms with Gasteiger partial charge in [0.2, 0.25) is 11.8 Å². The lowest BCUT2D eigenvalue weighted by molar-refractivity contribution is -0.122. The van der Waals surface area contributed by atoms with Crippen LogP contribution in [0.4, 0.5) is 5.69 Å². The van der Waals surface area contributed by atoms with Gasteiger partial charge < -0.3 is 4.74 Å². The molecule has 31 heavy (non-hydrogen) atoms. The number of nitrogens with zero attached hydrogens (tertiary/aromatic N) is 1. The molecular formula is C24H20BrNO5. The number of amides is 2. The normalized spacial score (nSPS) is 20.3. The Labute approximate surface area is 188 Å². The molecule has 0 radical (unpaired) electrons. The van der Waals surface area contributed by atoms with Gasteiger partial charge in [-0.05, 0) is 50.1 Å². The Hall–Kier alpha value is -3.06. The van der Waals surface area contributed by atoms with Gasteiger partial charge in [-0.3, -0.25) is 19.3 Å². The molecule has 1 saturated heterocycles. The number of imide groups is 1. The number of Topliss-reactive ketones (excluding diaryl/α,β-unsaturated/α-hetero) is 1. The zero-order valence-electron chi connectivity index (χ0n) is 16.8. The van der Waals surface area contributed by atoms with Gasteiger partial charge in [0.1, 0.15) is 0 Å². The second kappa shape index (κ2) is 8.59. The molecular weight excluding hydrogens is 462 g/mol. The van der Waals surface area contributed by atoms with Crippen molar-refractivity contribution in [3.8, 4) is 0 Å². The lowest BCUT2D eigenvalue weighted by Crippen LogP contribution is -2.31. The summed E-state index contributed by atoms with van der Waals surface area (Å²) in [5.74, 6) is -2.20. The summed E-state index contributed by atoms with van der Waals surface area (Å²) in [5, 5.41) is 0. The van der Waals surface area contributed by atoms with Crippen LogP contribution in [-0.2, 0) is 14.3 Å². The van der Waals surface area contributed by atoms with Crippen LogP contribution in [-0.4, -0.2) is 30.2 Å². The van der Waals surface area contributed by atoms with E-state index in [1.807, 2.05) is 13.0 Å². The minimum Gasteiger partial charge on any atom is -0.454 e. The number of esters is 1. The molecule has 1 aliphatic heterocycles. The van der Waals surface area contributed by atoms with Gasteiger partial charge >= 0.3 is 5.97 Å². The van der Waals surface area contributed by atoms with Crippen LogP contribution in [0.2, 0.25) is 0 Å². The van der Waals surface area contributed by atoms with Crippen molar-refractivity contribution in [3.63, 3.8) is 0 Å². The summed E-state index contributed by atoms with van der Waals surface area (Å²) in [7, 11) is 0. The predicted molar refractivity (Wildman–Crippen MR) is 118 cm³/mol. The number of rotatable bonds is 5. The molecule has 0 bridgehead atoms. The molecule has 2 atom stereocenters. The quantitative estimate of drug-likeness (QED) is 0.274. The third kappa shape index (κ3) is 4.23. The monoisotopic (exact) mass is 481 g/mol. The molecule has 1 aliphatic carbocycles. The summed E-state index contributed by atoms with van der Waals surface area (Å²) in [5.41, 5.74) is 2.06. The first kappa shape index (κ1) is 21.2. The molecule has 6 nitrogen and oxygen atoms in total. The summed E-state index contributed by atoms with van der Waals surface area (Å²) < 4.78 is 6.00. The zero-order valence-corrected chi connectivity index (χ0v) is 18.4. The van der Waals surface area contributed by atoms with Gasteiger partial charge in [-0.15, -0.1) is 0 Å². The Morgan fingerprint density at radius 1 is 1.03 bits per heavy atom. The molecule has 1 heterocycles. The standard InChI is InChI=1S/C24H20BrNO5/c1-14-5-10-19-20(11-14)23(29)26(22(19)28)18-4-2-3-16(12-18)24(30)31-13-21(27)15-6-8-17(25)9-7-15/h2-9,12,19-20H,10-11,13H2,1H3/t19-,20+/m1/s1. The molecule has 2 aromatic carbocycles. The fourth-order valence-corrected chi connectivity index (χ4v) is 4.26. The molecule has 2 aromatic rings. The molecule has 2 aliphatic rings. The van der Waals surface area contributed by atoms with Gasteiger partial charge in [0.15, 0.2) is 12.4 Å². The molecule has 0 spiro atoms. The molecule has 158 valence electrons. The number of allylic oxidation sites excluding steroid dienone is 2. The third-order valence-corrected chi connectivity index (χ3v) is 6.19. The van der Waals surface area contributed by atoms with E-state index in [1.165, 1.54) is 17.0 Å². The van der Waals surface area contributed by atoms with Crippen molar-refractivity contribution in [1.82, 2.24) is 0 Å². The lowest BCUT2D eigenvalue weighted by Gasteiger charge is -2.18. The van der Waals surface area contributed by atoms with Crippen molar-refractivity contribution in [3.05, 3.63) is 75.8 Å². The highest BCUT2D eigenvalue weighted by Gasteiger charge is 2.48. The number of hydrogen-bond donors (Lipinski definition) is 0. The number of benzene rings is 2. The van der Waals surface area contributed by atoms with Crippen molar-refractivity contribution in [1.29, 1.82) is 0 Å². The van der Waals surface area contributed by atoms with Crippen molar-refractivity contribution in [2.75, 3.05) is 11.5 Å². The van der Waals surface area contributed by atoms with Gasteiger partial charge in [0.25, 0.3) is 0 Å². The Bertz CT molecular complexity index is 1110. The fourth-order valence-electron chi connectivity index (χ4n) is 4.00. The van der Waals surface area contributed by atoms with Crippen molar-refractivity contribution < 1.29 is 23.9 Å². The van der Waals surface area contributed by atoms with Crippen LogP contribution in [0.5, 0.6) is 0 Å². The summed E-state index contributed by atoms with van der Waals surface area (Å²) in [6.45, 7) is 1.56. The minimum absolute atomic E-state index is 0.172. The molecule has 0 aromatic heterocycles.